The Balaban J connectivity index is 2.95. The van der Waals surface area contributed by atoms with Gasteiger partial charge in [0.1, 0.15) is 5.75 Å². The Morgan fingerprint density at radius 3 is 2.64 bits per heavy atom. The summed E-state index contributed by atoms with van der Waals surface area (Å²) in [5.41, 5.74) is 1.96. The van der Waals surface area contributed by atoms with Crippen LogP contribution in [0.15, 0.2) is 17.3 Å². The average Bonchev–Trinajstić information content (AvgIpc) is 2.14. The number of benzene rings is 1. The van der Waals surface area contributed by atoms with Crippen LogP contribution < -0.4 is 0 Å². The van der Waals surface area contributed by atoms with E-state index in [4.69, 9.17) is 0 Å². The Morgan fingerprint density at radius 1 is 1.43 bits per heavy atom. The predicted octanol–water partition coefficient (Wildman–Crippen LogP) is 3.44. The molecule has 0 saturated heterocycles. The van der Waals surface area contributed by atoms with E-state index in [1.807, 2.05) is 6.07 Å². The van der Waals surface area contributed by atoms with Crippen molar-refractivity contribution in [2.45, 2.75) is 33.1 Å². The zero-order valence-corrected chi connectivity index (χ0v) is 8.58. The molecule has 0 fully saturated rings. The van der Waals surface area contributed by atoms with Crippen molar-refractivity contribution in [2.24, 2.45) is 5.18 Å². The van der Waals surface area contributed by atoms with Crippen molar-refractivity contribution < 1.29 is 5.11 Å². The summed E-state index contributed by atoms with van der Waals surface area (Å²) in [4.78, 5) is 10.4. The van der Waals surface area contributed by atoms with Crippen LogP contribution in [0.3, 0.4) is 0 Å². The van der Waals surface area contributed by atoms with Crippen LogP contribution in [-0.2, 0) is 6.42 Å². The molecule has 0 spiro atoms. The lowest BCUT2D eigenvalue weighted by Gasteiger charge is -2.05. The zero-order chi connectivity index (χ0) is 10.6. The van der Waals surface area contributed by atoms with Crippen LogP contribution in [0.25, 0.3) is 0 Å². The maximum Gasteiger partial charge on any atom is 0.152 e. The molecule has 0 aliphatic carbocycles. The van der Waals surface area contributed by atoms with Gasteiger partial charge in [-0.25, -0.2) is 0 Å². The third-order valence-corrected chi connectivity index (χ3v) is 2.25. The lowest BCUT2D eigenvalue weighted by molar-refractivity contribution is 0.475. The number of aryl methyl sites for hydroxylation is 2. The largest absolute Gasteiger partial charge is 0.506 e. The molecule has 1 rings (SSSR count). The standard InChI is InChI=1S/C11H15NO2/c1-3-4-5-9-6-8(2)11(12-14)10(13)7-9/h6-7,13H,3-5H2,1-2H3. The van der Waals surface area contributed by atoms with E-state index in [9.17, 15) is 10.0 Å². The quantitative estimate of drug-likeness (QED) is 0.744. The maximum absolute atomic E-state index is 10.4. The van der Waals surface area contributed by atoms with Crippen LogP contribution in [0.5, 0.6) is 5.75 Å². The molecule has 0 saturated carbocycles. The number of hydrogen-bond donors (Lipinski definition) is 1. The van der Waals surface area contributed by atoms with E-state index in [0.717, 1.165) is 30.4 Å². The molecule has 0 atom stereocenters. The summed E-state index contributed by atoms with van der Waals surface area (Å²) in [6.07, 6.45) is 3.14. The smallest absolute Gasteiger partial charge is 0.152 e. The minimum Gasteiger partial charge on any atom is -0.506 e. The highest BCUT2D eigenvalue weighted by Gasteiger charge is 2.07. The summed E-state index contributed by atoms with van der Waals surface area (Å²) >= 11 is 0. The van der Waals surface area contributed by atoms with Crippen molar-refractivity contribution in [2.75, 3.05) is 0 Å². The Labute approximate surface area is 83.7 Å². The molecule has 1 N–H and O–H groups in total. The number of aromatic hydroxyl groups is 1. The minimum atomic E-state index is -0.00824. The molecule has 0 aromatic heterocycles. The highest BCUT2D eigenvalue weighted by atomic mass is 16.3. The Kier molecular flexibility index (Phi) is 3.63. The van der Waals surface area contributed by atoms with E-state index in [2.05, 4.69) is 12.1 Å². The second-order valence-electron chi connectivity index (χ2n) is 3.48. The van der Waals surface area contributed by atoms with Crippen molar-refractivity contribution in [1.29, 1.82) is 0 Å². The van der Waals surface area contributed by atoms with Crippen molar-refractivity contribution >= 4 is 5.69 Å². The molecule has 0 unspecified atom stereocenters. The van der Waals surface area contributed by atoms with Gasteiger partial charge in [-0.2, -0.15) is 0 Å². The molecule has 0 aliphatic rings. The van der Waals surface area contributed by atoms with Gasteiger partial charge in [0, 0.05) is 0 Å². The third kappa shape index (κ3) is 2.31. The van der Waals surface area contributed by atoms with Gasteiger partial charge in [-0.15, -0.1) is 4.91 Å². The number of hydrogen-bond acceptors (Lipinski definition) is 3. The van der Waals surface area contributed by atoms with E-state index in [-0.39, 0.29) is 11.4 Å². The number of phenolic OH excluding ortho intramolecular Hbond substituents is 1. The van der Waals surface area contributed by atoms with E-state index in [0.29, 0.717) is 0 Å². The summed E-state index contributed by atoms with van der Waals surface area (Å²) in [7, 11) is 0. The Hall–Kier alpha value is -1.38. The number of nitrogens with zero attached hydrogens (tertiary/aromatic N) is 1. The summed E-state index contributed by atoms with van der Waals surface area (Å²) in [5, 5.41) is 12.3. The van der Waals surface area contributed by atoms with Gasteiger partial charge in [0.15, 0.2) is 5.69 Å². The van der Waals surface area contributed by atoms with E-state index in [1.54, 1.807) is 13.0 Å². The molecule has 0 radical (unpaired) electrons. The fourth-order valence-electron chi connectivity index (χ4n) is 1.48. The molecule has 0 aliphatic heterocycles. The summed E-state index contributed by atoms with van der Waals surface area (Å²) < 4.78 is 0. The van der Waals surface area contributed by atoms with Gasteiger partial charge < -0.3 is 5.11 Å². The van der Waals surface area contributed by atoms with E-state index in [1.165, 1.54) is 0 Å². The van der Waals surface area contributed by atoms with Crippen molar-refractivity contribution in [3.8, 4) is 5.75 Å². The summed E-state index contributed by atoms with van der Waals surface area (Å²) in [6, 6.07) is 3.53. The fourth-order valence-corrected chi connectivity index (χ4v) is 1.48. The van der Waals surface area contributed by atoms with E-state index < -0.39 is 0 Å². The van der Waals surface area contributed by atoms with Crippen LogP contribution in [-0.4, -0.2) is 5.11 Å². The van der Waals surface area contributed by atoms with Crippen LogP contribution in [0, 0.1) is 11.8 Å². The first kappa shape index (κ1) is 10.7. The first-order valence-corrected chi connectivity index (χ1v) is 4.85. The molecule has 14 heavy (non-hydrogen) atoms. The molecule has 1 aromatic carbocycles. The summed E-state index contributed by atoms with van der Waals surface area (Å²) in [5.74, 6) is -0.00824. The third-order valence-electron chi connectivity index (χ3n) is 2.25. The first-order valence-electron chi connectivity index (χ1n) is 4.85. The lowest BCUT2D eigenvalue weighted by Crippen LogP contribution is -1.86. The second-order valence-corrected chi connectivity index (χ2v) is 3.48. The Morgan fingerprint density at radius 2 is 2.14 bits per heavy atom. The molecular formula is C11H15NO2. The highest BCUT2D eigenvalue weighted by Crippen LogP contribution is 2.31. The van der Waals surface area contributed by atoms with Gasteiger partial charge in [-0.1, -0.05) is 19.4 Å². The molecule has 0 heterocycles. The number of phenols is 1. The summed E-state index contributed by atoms with van der Waals surface area (Å²) in [6.45, 7) is 3.90. The minimum absolute atomic E-state index is 0.00824. The van der Waals surface area contributed by atoms with Gasteiger partial charge in [0.05, 0.1) is 0 Å². The highest BCUT2D eigenvalue weighted by molar-refractivity contribution is 5.58. The van der Waals surface area contributed by atoms with Gasteiger partial charge >= 0.3 is 0 Å². The topological polar surface area (TPSA) is 49.7 Å². The average molecular weight is 193 g/mol. The fraction of sp³-hybridized carbons (Fsp3) is 0.455. The van der Waals surface area contributed by atoms with Crippen LogP contribution in [0.1, 0.15) is 30.9 Å². The SMILES string of the molecule is CCCCc1cc(C)c(N=O)c(O)c1. The normalized spacial score (nSPS) is 10.1. The molecule has 1 aromatic rings. The van der Waals surface area contributed by atoms with Crippen LogP contribution >= 0.6 is 0 Å². The van der Waals surface area contributed by atoms with Crippen molar-refractivity contribution in [3.63, 3.8) is 0 Å². The second kappa shape index (κ2) is 4.74. The van der Waals surface area contributed by atoms with E-state index >= 15 is 0 Å². The van der Waals surface area contributed by atoms with Crippen molar-refractivity contribution in [3.05, 3.63) is 28.2 Å². The number of rotatable bonds is 4. The van der Waals surface area contributed by atoms with Gasteiger partial charge in [0.25, 0.3) is 0 Å². The van der Waals surface area contributed by atoms with Crippen molar-refractivity contribution in [1.82, 2.24) is 0 Å². The molecule has 3 nitrogen and oxygen atoms in total. The van der Waals surface area contributed by atoms with Gasteiger partial charge in [-0.05, 0) is 42.1 Å². The molecule has 76 valence electrons. The number of unbranched alkanes of at least 4 members (excludes halogenated alkanes) is 1. The van der Waals surface area contributed by atoms with Gasteiger partial charge in [0.2, 0.25) is 0 Å². The monoisotopic (exact) mass is 193 g/mol. The van der Waals surface area contributed by atoms with Gasteiger partial charge in [-0.3, -0.25) is 0 Å². The Bertz CT molecular complexity index is 311. The lowest BCUT2D eigenvalue weighted by atomic mass is 10.0. The maximum atomic E-state index is 10.4. The molecule has 0 amide bonds. The molecule has 3 heteroatoms. The van der Waals surface area contributed by atoms with Crippen LogP contribution in [0.4, 0.5) is 5.69 Å². The molecular weight excluding hydrogens is 178 g/mol. The number of nitroso groups, excluding NO2 is 1. The first-order chi connectivity index (χ1) is 6.69. The predicted molar refractivity (Wildman–Crippen MR) is 56.9 cm³/mol. The van der Waals surface area contributed by atoms with Crippen LogP contribution in [0.2, 0.25) is 0 Å². The molecule has 0 bridgehead atoms. The zero-order valence-electron chi connectivity index (χ0n) is 8.58.